The second kappa shape index (κ2) is 6.27. The van der Waals surface area contributed by atoms with Crippen molar-refractivity contribution >= 4 is 23.2 Å². The number of carbonyl (C=O) groups is 2. The van der Waals surface area contributed by atoms with Crippen LogP contribution in [0.2, 0.25) is 0 Å². The van der Waals surface area contributed by atoms with E-state index in [4.69, 9.17) is 5.73 Å². The number of hydrogen-bond acceptors (Lipinski definition) is 4. The van der Waals surface area contributed by atoms with Crippen molar-refractivity contribution in [1.29, 1.82) is 0 Å². The molecule has 0 aliphatic heterocycles. The number of aromatic nitrogens is 1. The molecule has 0 unspecified atom stereocenters. The van der Waals surface area contributed by atoms with E-state index < -0.39 is 11.4 Å². The Labute approximate surface area is 133 Å². The third-order valence-corrected chi connectivity index (χ3v) is 4.44. The zero-order chi connectivity index (χ0) is 16.3. The van der Waals surface area contributed by atoms with Gasteiger partial charge in [0.05, 0.1) is 10.7 Å². The molecule has 2 rings (SSSR count). The smallest absolute Gasteiger partial charge is 0.264 e. The molecule has 0 saturated heterocycles. The Morgan fingerprint density at radius 1 is 1.27 bits per heavy atom. The van der Waals surface area contributed by atoms with Crippen LogP contribution in [-0.2, 0) is 11.2 Å². The molecule has 2 amide bonds. The monoisotopic (exact) mass is 317 g/mol. The van der Waals surface area contributed by atoms with Gasteiger partial charge in [-0.25, -0.2) is 4.98 Å². The number of nitrogens with zero attached hydrogens (tertiary/aromatic N) is 1. The topological polar surface area (TPSA) is 85.1 Å². The van der Waals surface area contributed by atoms with Gasteiger partial charge in [0.25, 0.3) is 5.91 Å². The van der Waals surface area contributed by atoms with Crippen molar-refractivity contribution < 1.29 is 9.59 Å². The van der Waals surface area contributed by atoms with Gasteiger partial charge < -0.3 is 11.1 Å². The molecule has 0 spiro atoms. The first-order valence-electron chi connectivity index (χ1n) is 6.92. The average molecular weight is 317 g/mol. The highest BCUT2D eigenvalue weighted by atomic mass is 32.1. The Bertz CT molecular complexity index is 693. The van der Waals surface area contributed by atoms with E-state index in [9.17, 15) is 9.59 Å². The Balaban J connectivity index is 2.16. The maximum Gasteiger partial charge on any atom is 0.264 e. The lowest BCUT2D eigenvalue weighted by Crippen LogP contribution is -2.52. The zero-order valence-electron chi connectivity index (χ0n) is 12.8. The SMILES string of the molecule is Cc1nc(Cc2ccccc2)sc1C(=O)NC(C)(C)C(N)=O. The van der Waals surface area contributed by atoms with Crippen molar-refractivity contribution in [2.24, 2.45) is 5.73 Å². The molecular weight excluding hydrogens is 298 g/mol. The van der Waals surface area contributed by atoms with Crippen molar-refractivity contribution in [3.8, 4) is 0 Å². The van der Waals surface area contributed by atoms with E-state index in [1.165, 1.54) is 11.3 Å². The van der Waals surface area contributed by atoms with Gasteiger partial charge in [0.15, 0.2) is 0 Å². The van der Waals surface area contributed by atoms with Crippen LogP contribution >= 0.6 is 11.3 Å². The third kappa shape index (κ3) is 3.71. The Morgan fingerprint density at radius 3 is 2.50 bits per heavy atom. The van der Waals surface area contributed by atoms with Gasteiger partial charge in [-0.15, -0.1) is 11.3 Å². The predicted molar refractivity (Wildman–Crippen MR) is 86.8 cm³/mol. The van der Waals surface area contributed by atoms with Crippen LogP contribution in [0.3, 0.4) is 0 Å². The van der Waals surface area contributed by atoms with E-state index in [-0.39, 0.29) is 5.91 Å². The molecule has 1 aromatic carbocycles. The number of thiazole rings is 1. The van der Waals surface area contributed by atoms with E-state index in [1.807, 2.05) is 30.3 Å². The summed E-state index contributed by atoms with van der Waals surface area (Å²) in [4.78, 5) is 28.6. The number of aryl methyl sites for hydroxylation is 1. The zero-order valence-corrected chi connectivity index (χ0v) is 13.7. The lowest BCUT2D eigenvalue weighted by Gasteiger charge is -2.21. The standard InChI is InChI=1S/C16H19N3O2S/c1-10-13(14(20)19-16(2,3)15(17)21)22-12(18-10)9-11-7-5-4-6-8-11/h4-8H,9H2,1-3H3,(H2,17,21)(H,19,20). The molecule has 0 aliphatic rings. The number of carbonyl (C=O) groups excluding carboxylic acids is 2. The van der Waals surface area contributed by atoms with Gasteiger partial charge in [-0.05, 0) is 26.3 Å². The average Bonchev–Trinajstić information content (AvgIpc) is 2.80. The summed E-state index contributed by atoms with van der Waals surface area (Å²) in [5.74, 6) is -0.898. The molecule has 0 atom stereocenters. The fourth-order valence-electron chi connectivity index (χ4n) is 1.91. The van der Waals surface area contributed by atoms with Crippen molar-refractivity contribution in [2.45, 2.75) is 32.7 Å². The molecular formula is C16H19N3O2S. The Kier molecular flexibility index (Phi) is 4.61. The summed E-state index contributed by atoms with van der Waals surface area (Å²) < 4.78 is 0. The van der Waals surface area contributed by atoms with E-state index in [2.05, 4.69) is 10.3 Å². The van der Waals surface area contributed by atoms with E-state index in [0.29, 0.717) is 17.0 Å². The first-order valence-corrected chi connectivity index (χ1v) is 7.74. The molecule has 0 bridgehead atoms. The second-order valence-electron chi connectivity index (χ2n) is 5.63. The van der Waals surface area contributed by atoms with Crippen LogP contribution in [0.25, 0.3) is 0 Å². The van der Waals surface area contributed by atoms with Crippen molar-refractivity contribution in [3.63, 3.8) is 0 Å². The molecule has 5 nitrogen and oxygen atoms in total. The fraction of sp³-hybridized carbons (Fsp3) is 0.312. The first kappa shape index (κ1) is 16.2. The lowest BCUT2D eigenvalue weighted by molar-refractivity contribution is -0.122. The highest BCUT2D eigenvalue weighted by Gasteiger charge is 2.28. The third-order valence-electron chi connectivity index (χ3n) is 3.29. The summed E-state index contributed by atoms with van der Waals surface area (Å²) in [7, 11) is 0. The van der Waals surface area contributed by atoms with Crippen LogP contribution in [0.5, 0.6) is 0 Å². The number of amides is 2. The van der Waals surface area contributed by atoms with Gasteiger partial charge >= 0.3 is 0 Å². The molecule has 1 heterocycles. The van der Waals surface area contributed by atoms with E-state index in [1.54, 1.807) is 20.8 Å². The normalized spacial score (nSPS) is 11.2. The van der Waals surface area contributed by atoms with Crippen LogP contribution < -0.4 is 11.1 Å². The van der Waals surface area contributed by atoms with Crippen LogP contribution in [0.15, 0.2) is 30.3 Å². The molecule has 116 valence electrons. The summed E-state index contributed by atoms with van der Waals surface area (Å²) in [6.45, 7) is 4.94. The molecule has 0 saturated carbocycles. The summed E-state index contributed by atoms with van der Waals surface area (Å²) in [6.07, 6.45) is 0.679. The molecule has 3 N–H and O–H groups in total. The van der Waals surface area contributed by atoms with E-state index in [0.717, 1.165) is 10.6 Å². The molecule has 0 radical (unpaired) electrons. The largest absolute Gasteiger partial charge is 0.368 e. The first-order chi connectivity index (χ1) is 10.3. The Morgan fingerprint density at radius 2 is 1.91 bits per heavy atom. The number of nitrogens with one attached hydrogen (secondary N) is 1. The molecule has 6 heteroatoms. The maximum atomic E-state index is 12.3. The molecule has 0 aliphatic carbocycles. The van der Waals surface area contributed by atoms with Crippen LogP contribution in [0, 0.1) is 6.92 Å². The highest BCUT2D eigenvalue weighted by molar-refractivity contribution is 7.13. The molecule has 0 fully saturated rings. The van der Waals surface area contributed by atoms with Gasteiger partial charge in [-0.2, -0.15) is 0 Å². The molecule has 1 aromatic heterocycles. The van der Waals surface area contributed by atoms with Crippen LogP contribution in [-0.4, -0.2) is 22.3 Å². The van der Waals surface area contributed by atoms with Crippen LogP contribution in [0.4, 0.5) is 0 Å². The van der Waals surface area contributed by atoms with E-state index >= 15 is 0 Å². The van der Waals surface area contributed by atoms with Gasteiger partial charge in [0, 0.05) is 6.42 Å². The van der Waals surface area contributed by atoms with Gasteiger partial charge in [0.1, 0.15) is 10.4 Å². The number of rotatable bonds is 5. The van der Waals surface area contributed by atoms with Gasteiger partial charge in [-0.3, -0.25) is 9.59 Å². The lowest BCUT2D eigenvalue weighted by atomic mass is 10.1. The van der Waals surface area contributed by atoms with Crippen molar-refractivity contribution in [3.05, 3.63) is 51.5 Å². The summed E-state index contributed by atoms with van der Waals surface area (Å²) in [5, 5.41) is 3.51. The number of primary amides is 1. The minimum absolute atomic E-state index is 0.321. The highest BCUT2D eigenvalue weighted by Crippen LogP contribution is 2.21. The quantitative estimate of drug-likeness (QED) is 0.885. The predicted octanol–water partition coefficient (Wildman–Crippen LogP) is 2.04. The summed E-state index contributed by atoms with van der Waals surface area (Å²) >= 11 is 1.34. The molecule has 2 aromatic rings. The van der Waals surface area contributed by atoms with Crippen molar-refractivity contribution in [2.75, 3.05) is 0 Å². The minimum Gasteiger partial charge on any atom is -0.368 e. The van der Waals surface area contributed by atoms with Gasteiger partial charge in [0.2, 0.25) is 5.91 Å². The van der Waals surface area contributed by atoms with Crippen molar-refractivity contribution in [1.82, 2.24) is 10.3 Å². The number of hydrogen-bond donors (Lipinski definition) is 2. The minimum atomic E-state index is -1.09. The Hall–Kier alpha value is -2.21. The summed E-state index contributed by atoms with van der Waals surface area (Å²) in [6, 6.07) is 9.94. The van der Waals surface area contributed by atoms with Crippen LogP contribution in [0.1, 0.15) is 39.8 Å². The summed E-state index contributed by atoms with van der Waals surface area (Å²) in [5.41, 5.74) is 5.99. The van der Waals surface area contributed by atoms with Gasteiger partial charge in [-0.1, -0.05) is 30.3 Å². The maximum absolute atomic E-state index is 12.3. The second-order valence-corrected chi connectivity index (χ2v) is 6.71. The number of nitrogens with two attached hydrogens (primary N) is 1. The molecule has 22 heavy (non-hydrogen) atoms. The fourth-order valence-corrected chi connectivity index (χ4v) is 2.91. The number of benzene rings is 1.